The number of para-hydroxylation sites is 1. The first-order valence-electron chi connectivity index (χ1n) is 9.23. The minimum atomic E-state index is -0.479. The van der Waals surface area contributed by atoms with Gasteiger partial charge in [-0.15, -0.1) is 0 Å². The van der Waals surface area contributed by atoms with Crippen molar-refractivity contribution in [2.24, 2.45) is 0 Å². The first-order chi connectivity index (χ1) is 13.2. The molecule has 27 heavy (non-hydrogen) atoms. The number of methoxy groups -OCH3 is 1. The van der Waals surface area contributed by atoms with Gasteiger partial charge >= 0.3 is 5.97 Å². The molecule has 0 aromatic heterocycles. The summed E-state index contributed by atoms with van der Waals surface area (Å²) in [6.45, 7) is 2.32. The van der Waals surface area contributed by atoms with Gasteiger partial charge < -0.3 is 20.3 Å². The van der Waals surface area contributed by atoms with Crippen LogP contribution in [-0.2, 0) is 9.53 Å². The van der Waals surface area contributed by atoms with Gasteiger partial charge in [-0.25, -0.2) is 4.79 Å². The molecule has 1 aliphatic heterocycles. The lowest BCUT2D eigenvalue weighted by Gasteiger charge is -2.28. The van der Waals surface area contributed by atoms with E-state index in [9.17, 15) is 9.59 Å². The lowest BCUT2D eigenvalue weighted by Crippen LogP contribution is -2.29. The van der Waals surface area contributed by atoms with E-state index in [4.69, 9.17) is 4.74 Å². The summed E-state index contributed by atoms with van der Waals surface area (Å²) in [5.74, 6) is -0.710. The zero-order chi connectivity index (χ0) is 19.1. The number of nitrogens with zero attached hydrogens (tertiary/aromatic N) is 1. The third kappa shape index (κ3) is 5.00. The second kappa shape index (κ2) is 9.07. The van der Waals surface area contributed by atoms with Crippen LogP contribution in [0.25, 0.3) is 0 Å². The maximum Gasteiger partial charge on any atom is 0.339 e. The number of nitrogens with one attached hydrogen (secondary N) is 2. The van der Waals surface area contributed by atoms with Crippen molar-refractivity contribution in [2.45, 2.75) is 19.3 Å². The van der Waals surface area contributed by atoms with Gasteiger partial charge in [-0.05, 0) is 55.7 Å². The summed E-state index contributed by atoms with van der Waals surface area (Å²) in [7, 11) is 1.32. The number of anilines is 3. The summed E-state index contributed by atoms with van der Waals surface area (Å²) in [6, 6.07) is 14.9. The predicted octanol–water partition coefficient (Wildman–Crippen LogP) is 3.51. The highest BCUT2D eigenvalue weighted by atomic mass is 16.5. The van der Waals surface area contributed by atoms with Crippen LogP contribution in [0, 0.1) is 0 Å². The molecule has 0 unspecified atom stereocenters. The summed E-state index contributed by atoms with van der Waals surface area (Å²) in [6.07, 6.45) is 3.80. The van der Waals surface area contributed by atoms with Crippen molar-refractivity contribution in [2.75, 3.05) is 42.3 Å². The van der Waals surface area contributed by atoms with E-state index in [-0.39, 0.29) is 12.5 Å². The Labute approximate surface area is 159 Å². The average molecular weight is 367 g/mol. The number of ether oxygens (including phenoxy) is 1. The van der Waals surface area contributed by atoms with E-state index < -0.39 is 5.97 Å². The second-order valence-corrected chi connectivity index (χ2v) is 6.53. The molecule has 0 aliphatic carbocycles. The molecule has 1 aliphatic rings. The quantitative estimate of drug-likeness (QED) is 0.765. The highest BCUT2D eigenvalue weighted by molar-refractivity contribution is 6.02. The van der Waals surface area contributed by atoms with Crippen molar-refractivity contribution in [3.05, 3.63) is 54.1 Å². The summed E-state index contributed by atoms with van der Waals surface area (Å²) in [4.78, 5) is 26.4. The van der Waals surface area contributed by atoms with Crippen molar-refractivity contribution in [3.8, 4) is 0 Å². The first kappa shape index (κ1) is 18.8. The smallest absolute Gasteiger partial charge is 0.339 e. The first-order valence-corrected chi connectivity index (χ1v) is 9.23. The summed E-state index contributed by atoms with van der Waals surface area (Å²) < 4.78 is 4.74. The van der Waals surface area contributed by atoms with Gasteiger partial charge in [0.15, 0.2) is 0 Å². The Balaban J connectivity index is 1.54. The molecular weight excluding hydrogens is 342 g/mol. The van der Waals surface area contributed by atoms with Crippen molar-refractivity contribution >= 4 is 28.9 Å². The van der Waals surface area contributed by atoms with Crippen molar-refractivity contribution in [3.63, 3.8) is 0 Å². The number of carbonyl (C=O) groups excluding carboxylic acids is 2. The van der Waals surface area contributed by atoms with E-state index in [0.29, 0.717) is 11.3 Å². The highest BCUT2D eigenvalue weighted by Gasteiger charge is 2.13. The number of carbonyl (C=O) groups is 2. The van der Waals surface area contributed by atoms with Crippen molar-refractivity contribution in [1.29, 1.82) is 0 Å². The number of benzene rings is 2. The number of hydrogen-bond donors (Lipinski definition) is 2. The largest absolute Gasteiger partial charge is 0.465 e. The number of amides is 1. The van der Waals surface area contributed by atoms with Crippen LogP contribution in [0.2, 0.25) is 0 Å². The van der Waals surface area contributed by atoms with Gasteiger partial charge in [0, 0.05) is 24.5 Å². The predicted molar refractivity (Wildman–Crippen MR) is 107 cm³/mol. The molecule has 2 N–H and O–H groups in total. The number of hydrogen-bond acceptors (Lipinski definition) is 5. The Morgan fingerprint density at radius 3 is 2.41 bits per heavy atom. The monoisotopic (exact) mass is 367 g/mol. The molecule has 3 rings (SSSR count). The maximum atomic E-state index is 12.2. The van der Waals surface area contributed by atoms with Crippen molar-refractivity contribution < 1.29 is 14.3 Å². The molecule has 142 valence electrons. The number of esters is 1. The molecule has 1 saturated heterocycles. The molecule has 1 amide bonds. The van der Waals surface area contributed by atoms with Gasteiger partial charge in [0.05, 0.1) is 24.9 Å². The molecule has 0 saturated carbocycles. The summed E-state index contributed by atoms with van der Waals surface area (Å²) in [5, 5.41) is 5.86. The van der Waals surface area contributed by atoms with Crippen LogP contribution >= 0.6 is 0 Å². The lowest BCUT2D eigenvalue weighted by atomic mass is 10.1. The third-order valence-electron chi connectivity index (χ3n) is 4.65. The zero-order valence-corrected chi connectivity index (χ0v) is 15.5. The minimum absolute atomic E-state index is 0.110. The Kier molecular flexibility index (Phi) is 6.30. The maximum absolute atomic E-state index is 12.2. The van der Waals surface area contributed by atoms with Crippen LogP contribution in [0.15, 0.2) is 48.5 Å². The Bertz CT molecular complexity index is 784. The summed E-state index contributed by atoms with van der Waals surface area (Å²) >= 11 is 0. The van der Waals surface area contributed by atoms with Crippen LogP contribution in [0.3, 0.4) is 0 Å². The van der Waals surface area contributed by atoms with E-state index in [1.807, 2.05) is 12.1 Å². The van der Waals surface area contributed by atoms with E-state index in [1.54, 1.807) is 24.3 Å². The summed E-state index contributed by atoms with van der Waals surface area (Å²) in [5.41, 5.74) is 2.87. The van der Waals surface area contributed by atoms with Crippen LogP contribution in [0.4, 0.5) is 17.1 Å². The molecular formula is C21H25N3O3. The van der Waals surface area contributed by atoms with Gasteiger partial charge in [-0.3, -0.25) is 4.79 Å². The molecule has 0 spiro atoms. The zero-order valence-electron chi connectivity index (χ0n) is 15.5. The molecule has 2 aromatic rings. The van der Waals surface area contributed by atoms with Crippen LogP contribution in [-0.4, -0.2) is 38.6 Å². The average Bonchev–Trinajstić information content (AvgIpc) is 2.73. The van der Waals surface area contributed by atoms with Crippen LogP contribution < -0.4 is 15.5 Å². The normalized spacial score (nSPS) is 13.7. The van der Waals surface area contributed by atoms with E-state index in [0.717, 1.165) is 18.8 Å². The Hall–Kier alpha value is -3.02. The molecule has 2 aromatic carbocycles. The standard InChI is InChI=1S/C21H25N3O3/c1-27-21(26)18-7-3-4-8-19(18)23-20(25)15-22-16-9-11-17(12-10-16)24-13-5-2-6-14-24/h3-4,7-12,22H,2,5-6,13-15H2,1H3,(H,23,25). The molecule has 1 heterocycles. The lowest BCUT2D eigenvalue weighted by molar-refractivity contribution is -0.114. The molecule has 6 nitrogen and oxygen atoms in total. The molecule has 0 radical (unpaired) electrons. The van der Waals surface area contributed by atoms with E-state index in [2.05, 4.69) is 27.7 Å². The Morgan fingerprint density at radius 2 is 1.70 bits per heavy atom. The van der Waals surface area contributed by atoms with Gasteiger partial charge in [0.25, 0.3) is 0 Å². The fourth-order valence-corrected chi connectivity index (χ4v) is 3.20. The number of piperidine rings is 1. The molecule has 0 bridgehead atoms. The van der Waals surface area contributed by atoms with Crippen molar-refractivity contribution in [1.82, 2.24) is 0 Å². The fourth-order valence-electron chi connectivity index (χ4n) is 3.20. The minimum Gasteiger partial charge on any atom is -0.465 e. The third-order valence-corrected chi connectivity index (χ3v) is 4.65. The van der Waals surface area contributed by atoms with Gasteiger partial charge in [0.2, 0.25) is 5.91 Å². The molecule has 1 fully saturated rings. The van der Waals surface area contributed by atoms with E-state index in [1.165, 1.54) is 32.1 Å². The van der Waals surface area contributed by atoms with Gasteiger partial charge in [-0.1, -0.05) is 12.1 Å². The second-order valence-electron chi connectivity index (χ2n) is 6.53. The highest BCUT2D eigenvalue weighted by Crippen LogP contribution is 2.22. The van der Waals surface area contributed by atoms with Gasteiger partial charge in [-0.2, -0.15) is 0 Å². The fraction of sp³-hybridized carbons (Fsp3) is 0.333. The topological polar surface area (TPSA) is 70.7 Å². The molecule has 0 atom stereocenters. The van der Waals surface area contributed by atoms with Crippen LogP contribution in [0.1, 0.15) is 29.6 Å². The molecule has 6 heteroatoms. The van der Waals surface area contributed by atoms with E-state index >= 15 is 0 Å². The van der Waals surface area contributed by atoms with Crippen LogP contribution in [0.5, 0.6) is 0 Å². The SMILES string of the molecule is COC(=O)c1ccccc1NC(=O)CNc1ccc(N2CCCCC2)cc1. The number of rotatable bonds is 6. The Morgan fingerprint density at radius 1 is 1.00 bits per heavy atom. The van der Waals surface area contributed by atoms with Gasteiger partial charge in [0.1, 0.15) is 0 Å².